The lowest BCUT2D eigenvalue weighted by Gasteiger charge is -2.12. The van der Waals surface area contributed by atoms with Crippen LogP contribution in [-0.2, 0) is 6.54 Å². The van der Waals surface area contributed by atoms with Crippen LogP contribution < -0.4 is 16.0 Å². The number of hydrogen-bond acceptors (Lipinski definition) is 4. The second-order valence-electron chi connectivity index (χ2n) is 5.45. The van der Waals surface area contributed by atoms with E-state index in [9.17, 15) is 9.59 Å². The molecule has 0 bridgehead atoms. The number of nitrogens with zero attached hydrogens (tertiary/aromatic N) is 1. The highest BCUT2D eigenvalue weighted by Gasteiger charge is 2.12. The molecule has 1 heterocycles. The fourth-order valence-electron chi connectivity index (χ4n) is 1.96. The van der Waals surface area contributed by atoms with Crippen molar-refractivity contribution >= 4 is 17.6 Å². The Morgan fingerprint density at radius 1 is 1.30 bits per heavy atom. The van der Waals surface area contributed by atoms with E-state index in [0.717, 1.165) is 5.56 Å². The largest absolute Gasteiger partial charge is 0.451 e. The molecule has 0 aliphatic heterocycles. The third kappa shape index (κ3) is 4.84. The quantitative estimate of drug-likeness (QED) is 0.789. The molecule has 0 fully saturated rings. The lowest BCUT2D eigenvalue weighted by molar-refractivity contribution is 0.0942. The van der Waals surface area contributed by atoms with Crippen molar-refractivity contribution in [3.05, 3.63) is 47.7 Å². The maximum atomic E-state index is 12.1. The Hall–Kier alpha value is -2.83. The standard InChI is InChI=1S/C16H20N4O3/c1-10(2)19-15(21)14-6-12(5-4-11(14)3)20-16(22)17-7-13-8-23-9-18-13/h4-6,8-10H,7H2,1-3H3,(H,19,21)(H2,17,20,22). The van der Waals surface area contributed by atoms with Crippen molar-refractivity contribution in [1.82, 2.24) is 15.6 Å². The molecule has 3 amide bonds. The molecule has 0 spiro atoms. The monoisotopic (exact) mass is 316 g/mol. The summed E-state index contributed by atoms with van der Waals surface area (Å²) in [6, 6.07) is 4.86. The molecule has 0 saturated heterocycles. The highest BCUT2D eigenvalue weighted by molar-refractivity contribution is 5.98. The third-order valence-corrected chi connectivity index (χ3v) is 3.07. The summed E-state index contributed by atoms with van der Waals surface area (Å²) >= 11 is 0. The number of urea groups is 1. The fraction of sp³-hybridized carbons (Fsp3) is 0.312. The molecular formula is C16H20N4O3. The molecule has 7 nitrogen and oxygen atoms in total. The van der Waals surface area contributed by atoms with E-state index in [0.29, 0.717) is 16.9 Å². The van der Waals surface area contributed by atoms with E-state index >= 15 is 0 Å². The van der Waals surface area contributed by atoms with Crippen molar-refractivity contribution in [2.45, 2.75) is 33.4 Å². The molecule has 1 aromatic carbocycles. The van der Waals surface area contributed by atoms with Gasteiger partial charge in [0, 0.05) is 17.3 Å². The third-order valence-electron chi connectivity index (χ3n) is 3.07. The van der Waals surface area contributed by atoms with Gasteiger partial charge in [0.2, 0.25) is 0 Å². The summed E-state index contributed by atoms with van der Waals surface area (Å²) in [6.07, 6.45) is 2.76. The second-order valence-corrected chi connectivity index (χ2v) is 5.45. The number of hydrogen-bond donors (Lipinski definition) is 3. The predicted octanol–water partition coefficient (Wildman–Crippen LogP) is 2.44. The first-order chi connectivity index (χ1) is 11.0. The SMILES string of the molecule is Cc1ccc(NC(=O)NCc2cocn2)cc1C(=O)NC(C)C. The van der Waals surface area contributed by atoms with Crippen molar-refractivity contribution in [2.75, 3.05) is 5.32 Å². The minimum Gasteiger partial charge on any atom is -0.451 e. The molecule has 3 N–H and O–H groups in total. The number of amides is 3. The Morgan fingerprint density at radius 3 is 2.74 bits per heavy atom. The summed E-state index contributed by atoms with van der Waals surface area (Å²) in [5.74, 6) is -0.163. The van der Waals surface area contributed by atoms with Gasteiger partial charge in [-0.05, 0) is 38.5 Å². The fourth-order valence-corrected chi connectivity index (χ4v) is 1.96. The van der Waals surface area contributed by atoms with Gasteiger partial charge in [0.1, 0.15) is 6.26 Å². The Morgan fingerprint density at radius 2 is 2.09 bits per heavy atom. The molecule has 0 atom stereocenters. The van der Waals surface area contributed by atoms with Gasteiger partial charge in [-0.25, -0.2) is 9.78 Å². The Labute approximate surface area is 134 Å². The number of oxazole rings is 1. The zero-order valence-electron chi connectivity index (χ0n) is 13.3. The summed E-state index contributed by atoms with van der Waals surface area (Å²) < 4.78 is 4.82. The average Bonchev–Trinajstić information content (AvgIpc) is 2.99. The Kier molecular flexibility index (Phi) is 5.35. The lowest BCUT2D eigenvalue weighted by atomic mass is 10.1. The van der Waals surface area contributed by atoms with Crippen LogP contribution in [0.5, 0.6) is 0 Å². The van der Waals surface area contributed by atoms with E-state index < -0.39 is 0 Å². The molecule has 0 radical (unpaired) electrons. The maximum Gasteiger partial charge on any atom is 0.319 e. The van der Waals surface area contributed by atoms with Crippen molar-refractivity contribution in [1.29, 1.82) is 0 Å². The Balaban J connectivity index is 1.99. The minimum atomic E-state index is -0.382. The number of aromatic nitrogens is 1. The van der Waals surface area contributed by atoms with Crippen LogP contribution in [0.3, 0.4) is 0 Å². The normalized spacial score (nSPS) is 10.4. The van der Waals surface area contributed by atoms with E-state index in [1.807, 2.05) is 20.8 Å². The predicted molar refractivity (Wildman–Crippen MR) is 86.1 cm³/mol. The van der Waals surface area contributed by atoms with Gasteiger partial charge in [-0.1, -0.05) is 6.07 Å². The smallest absolute Gasteiger partial charge is 0.319 e. The van der Waals surface area contributed by atoms with Gasteiger partial charge in [-0.15, -0.1) is 0 Å². The van der Waals surface area contributed by atoms with Crippen molar-refractivity contribution < 1.29 is 14.0 Å². The summed E-state index contributed by atoms with van der Waals surface area (Å²) in [6.45, 7) is 5.90. The van der Waals surface area contributed by atoms with E-state index in [4.69, 9.17) is 4.42 Å². The molecule has 122 valence electrons. The highest BCUT2D eigenvalue weighted by atomic mass is 16.3. The van der Waals surface area contributed by atoms with Crippen molar-refractivity contribution in [3.63, 3.8) is 0 Å². The van der Waals surface area contributed by atoms with Crippen LogP contribution in [0.4, 0.5) is 10.5 Å². The van der Waals surface area contributed by atoms with Gasteiger partial charge in [-0.2, -0.15) is 0 Å². The average molecular weight is 316 g/mol. The van der Waals surface area contributed by atoms with Gasteiger partial charge < -0.3 is 20.4 Å². The van der Waals surface area contributed by atoms with E-state index in [1.165, 1.54) is 12.7 Å². The number of anilines is 1. The Bertz CT molecular complexity index is 681. The van der Waals surface area contributed by atoms with Crippen molar-refractivity contribution in [3.8, 4) is 0 Å². The van der Waals surface area contributed by atoms with Gasteiger partial charge in [0.05, 0.1) is 12.2 Å². The molecule has 23 heavy (non-hydrogen) atoms. The van der Waals surface area contributed by atoms with Gasteiger partial charge in [0.25, 0.3) is 5.91 Å². The summed E-state index contributed by atoms with van der Waals surface area (Å²) in [5.41, 5.74) is 2.55. The van der Waals surface area contributed by atoms with Crippen LogP contribution in [0.2, 0.25) is 0 Å². The van der Waals surface area contributed by atoms with Gasteiger partial charge in [-0.3, -0.25) is 4.79 Å². The number of carbonyl (C=O) groups excluding carboxylic acids is 2. The zero-order chi connectivity index (χ0) is 16.8. The van der Waals surface area contributed by atoms with E-state index in [-0.39, 0.29) is 24.5 Å². The molecule has 0 aliphatic carbocycles. The molecule has 2 aromatic rings. The number of aryl methyl sites for hydroxylation is 1. The van der Waals surface area contributed by atoms with Crippen LogP contribution in [-0.4, -0.2) is 23.0 Å². The minimum absolute atomic E-state index is 0.0456. The first kappa shape index (κ1) is 16.5. The van der Waals surface area contributed by atoms with Crippen LogP contribution in [0, 0.1) is 6.92 Å². The lowest BCUT2D eigenvalue weighted by Crippen LogP contribution is -2.31. The molecule has 0 unspecified atom stereocenters. The zero-order valence-corrected chi connectivity index (χ0v) is 13.3. The summed E-state index contributed by atoms with van der Waals surface area (Å²) in [7, 11) is 0. The molecule has 0 saturated carbocycles. The van der Waals surface area contributed by atoms with Crippen LogP contribution in [0.25, 0.3) is 0 Å². The number of nitrogens with one attached hydrogen (secondary N) is 3. The summed E-state index contributed by atoms with van der Waals surface area (Å²) in [5, 5.41) is 8.19. The van der Waals surface area contributed by atoms with E-state index in [1.54, 1.807) is 18.2 Å². The van der Waals surface area contributed by atoms with E-state index in [2.05, 4.69) is 20.9 Å². The van der Waals surface area contributed by atoms with Crippen LogP contribution in [0.1, 0.15) is 35.5 Å². The first-order valence-electron chi connectivity index (χ1n) is 7.29. The number of rotatable bonds is 5. The molecule has 2 rings (SSSR count). The number of benzene rings is 1. The molecule has 7 heteroatoms. The van der Waals surface area contributed by atoms with Crippen molar-refractivity contribution in [2.24, 2.45) is 0 Å². The van der Waals surface area contributed by atoms with Gasteiger partial charge >= 0.3 is 6.03 Å². The summed E-state index contributed by atoms with van der Waals surface area (Å²) in [4.78, 5) is 27.9. The van der Waals surface area contributed by atoms with Gasteiger partial charge in [0.15, 0.2) is 6.39 Å². The number of carbonyl (C=O) groups is 2. The first-order valence-corrected chi connectivity index (χ1v) is 7.29. The highest BCUT2D eigenvalue weighted by Crippen LogP contribution is 2.15. The molecular weight excluding hydrogens is 296 g/mol. The second kappa shape index (κ2) is 7.44. The molecule has 0 aliphatic rings. The van der Waals surface area contributed by atoms with Crippen LogP contribution in [0.15, 0.2) is 35.3 Å². The van der Waals surface area contributed by atoms with Crippen LogP contribution >= 0.6 is 0 Å². The molecule has 1 aromatic heterocycles. The topological polar surface area (TPSA) is 96.3 Å². The maximum absolute atomic E-state index is 12.1.